The largest absolute Gasteiger partial charge is 0.324 e. The standard InChI is InChI=1S/C18H13Cl5N4OS/c1-2-27-17(10-4-3-9(19)5-11(10)20)25-26-18(27)29-8-16(28)24-15-7-13(22)12(21)6-14(15)23/h3-7H,2,8H2,1H3,(H,24,28). The number of anilines is 1. The van der Waals surface area contributed by atoms with E-state index in [0.29, 0.717) is 53.9 Å². The van der Waals surface area contributed by atoms with E-state index in [-0.39, 0.29) is 11.7 Å². The van der Waals surface area contributed by atoms with Crippen LogP contribution in [-0.2, 0) is 11.3 Å². The van der Waals surface area contributed by atoms with Gasteiger partial charge in [-0.1, -0.05) is 69.8 Å². The Morgan fingerprint density at radius 2 is 1.72 bits per heavy atom. The highest BCUT2D eigenvalue weighted by Gasteiger charge is 2.17. The van der Waals surface area contributed by atoms with Gasteiger partial charge in [0.25, 0.3) is 0 Å². The number of nitrogens with zero attached hydrogens (tertiary/aromatic N) is 3. The van der Waals surface area contributed by atoms with Crippen LogP contribution in [0.25, 0.3) is 11.4 Å². The minimum Gasteiger partial charge on any atom is -0.324 e. The fourth-order valence-corrected chi connectivity index (χ4v) is 4.37. The predicted octanol–water partition coefficient (Wildman–Crippen LogP) is 6.96. The Morgan fingerprint density at radius 1 is 1.00 bits per heavy atom. The Kier molecular flexibility index (Phi) is 7.59. The molecule has 2 aromatic carbocycles. The molecule has 29 heavy (non-hydrogen) atoms. The molecule has 0 aliphatic carbocycles. The highest BCUT2D eigenvalue weighted by atomic mass is 35.5. The third-order valence-electron chi connectivity index (χ3n) is 3.82. The monoisotopic (exact) mass is 508 g/mol. The van der Waals surface area contributed by atoms with E-state index in [1.54, 1.807) is 18.2 Å². The summed E-state index contributed by atoms with van der Waals surface area (Å²) in [6.07, 6.45) is 0. The molecule has 1 amide bonds. The number of carbonyl (C=O) groups is 1. The van der Waals surface area contributed by atoms with Crippen LogP contribution in [0.5, 0.6) is 0 Å². The average molecular weight is 511 g/mol. The van der Waals surface area contributed by atoms with Gasteiger partial charge in [-0.3, -0.25) is 4.79 Å². The summed E-state index contributed by atoms with van der Waals surface area (Å²) in [6, 6.07) is 8.15. The molecular formula is C18H13Cl5N4OS. The second kappa shape index (κ2) is 9.77. The Bertz CT molecular complexity index is 1070. The number of halogens is 5. The Balaban J connectivity index is 1.73. The van der Waals surface area contributed by atoms with Crippen molar-refractivity contribution in [3.8, 4) is 11.4 Å². The van der Waals surface area contributed by atoms with E-state index in [1.165, 1.54) is 23.9 Å². The maximum absolute atomic E-state index is 12.3. The molecule has 0 aliphatic heterocycles. The summed E-state index contributed by atoms with van der Waals surface area (Å²) in [5.74, 6) is 0.430. The van der Waals surface area contributed by atoms with Crippen molar-refractivity contribution in [1.29, 1.82) is 0 Å². The van der Waals surface area contributed by atoms with Gasteiger partial charge in [0, 0.05) is 17.1 Å². The summed E-state index contributed by atoms with van der Waals surface area (Å²) in [5.41, 5.74) is 1.10. The molecule has 0 saturated heterocycles. The topological polar surface area (TPSA) is 59.8 Å². The first-order valence-electron chi connectivity index (χ1n) is 8.26. The van der Waals surface area contributed by atoms with Crippen molar-refractivity contribution in [1.82, 2.24) is 14.8 Å². The van der Waals surface area contributed by atoms with Gasteiger partial charge < -0.3 is 9.88 Å². The average Bonchev–Trinajstić information content (AvgIpc) is 3.07. The molecule has 0 saturated carbocycles. The number of carbonyl (C=O) groups excluding carboxylic acids is 1. The van der Waals surface area contributed by atoms with E-state index in [1.807, 2.05) is 11.5 Å². The summed E-state index contributed by atoms with van der Waals surface area (Å²) in [6.45, 7) is 2.56. The third-order valence-corrected chi connectivity index (χ3v) is 6.37. The van der Waals surface area contributed by atoms with Crippen LogP contribution >= 0.6 is 69.8 Å². The predicted molar refractivity (Wildman–Crippen MR) is 122 cm³/mol. The van der Waals surface area contributed by atoms with Gasteiger partial charge in [-0.15, -0.1) is 10.2 Å². The zero-order valence-corrected chi connectivity index (χ0v) is 19.4. The van der Waals surface area contributed by atoms with Crippen molar-refractivity contribution in [3.63, 3.8) is 0 Å². The van der Waals surface area contributed by atoms with Crippen molar-refractivity contribution in [2.45, 2.75) is 18.6 Å². The molecule has 3 aromatic rings. The minimum atomic E-state index is -0.271. The SMILES string of the molecule is CCn1c(SCC(=O)Nc2cc(Cl)c(Cl)cc2Cl)nnc1-c1ccc(Cl)cc1Cl. The van der Waals surface area contributed by atoms with E-state index < -0.39 is 0 Å². The molecule has 11 heteroatoms. The molecular weight excluding hydrogens is 498 g/mol. The van der Waals surface area contributed by atoms with E-state index in [9.17, 15) is 4.79 Å². The highest BCUT2D eigenvalue weighted by Crippen LogP contribution is 2.33. The summed E-state index contributed by atoms with van der Waals surface area (Å²) < 4.78 is 1.87. The number of rotatable bonds is 6. The Morgan fingerprint density at radius 3 is 2.41 bits per heavy atom. The minimum absolute atomic E-state index is 0.100. The zero-order valence-electron chi connectivity index (χ0n) is 14.8. The first-order chi connectivity index (χ1) is 13.8. The number of benzene rings is 2. The van der Waals surface area contributed by atoms with Crippen molar-refractivity contribution < 1.29 is 4.79 Å². The molecule has 1 N–H and O–H groups in total. The van der Waals surface area contributed by atoms with Crippen molar-refractivity contribution in [2.24, 2.45) is 0 Å². The van der Waals surface area contributed by atoms with Crippen LogP contribution in [0, 0.1) is 0 Å². The first kappa shape index (κ1) is 22.5. The molecule has 0 aliphatic rings. The van der Waals surface area contributed by atoms with Crippen LogP contribution < -0.4 is 5.32 Å². The number of nitrogens with one attached hydrogen (secondary N) is 1. The molecule has 0 fully saturated rings. The second-order valence-electron chi connectivity index (χ2n) is 5.76. The number of hydrogen-bond donors (Lipinski definition) is 1. The lowest BCUT2D eigenvalue weighted by Gasteiger charge is -2.10. The van der Waals surface area contributed by atoms with E-state index in [0.717, 1.165) is 0 Å². The van der Waals surface area contributed by atoms with E-state index in [2.05, 4.69) is 15.5 Å². The second-order valence-corrected chi connectivity index (χ2v) is 8.77. The lowest BCUT2D eigenvalue weighted by atomic mass is 10.2. The van der Waals surface area contributed by atoms with Gasteiger partial charge in [0.1, 0.15) is 0 Å². The summed E-state index contributed by atoms with van der Waals surface area (Å²) in [4.78, 5) is 12.3. The van der Waals surface area contributed by atoms with Crippen LogP contribution in [0.1, 0.15) is 6.92 Å². The van der Waals surface area contributed by atoms with E-state index >= 15 is 0 Å². The molecule has 3 rings (SSSR count). The maximum Gasteiger partial charge on any atom is 0.234 e. The number of hydrogen-bond acceptors (Lipinski definition) is 4. The lowest BCUT2D eigenvalue weighted by Crippen LogP contribution is -2.15. The number of aromatic nitrogens is 3. The summed E-state index contributed by atoms with van der Waals surface area (Å²) in [5, 5.41) is 13.6. The van der Waals surface area contributed by atoms with Gasteiger partial charge >= 0.3 is 0 Å². The molecule has 5 nitrogen and oxygen atoms in total. The van der Waals surface area contributed by atoms with Gasteiger partial charge in [-0.05, 0) is 37.3 Å². The van der Waals surface area contributed by atoms with Crippen LogP contribution in [0.4, 0.5) is 5.69 Å². The first-order valence-corrected chi connectivity index (χ1v) is 11.1. The molecule has 0 unspecified atom stereocenters. The Labute approximate surface area is 196 Å². The normalized spacial score (nSPS) is 11.0. The van der Waals surface area contributed by atoms with Crippen LogP contribution in [0.15, 0.2) is 35.5 Å². The molecule has 1 aromatic heterocycles. The van der Waals surface area contributed by atoms with Crippen LogP contribution in [0.3, 0.4) is 0 Å². The molecule has 0 radical (unpaired) electrons. The van der Waals surface area contributed by atoms with Crippen molar-refractivity contribution in [3.05, 3.63) is 55.4 Å². The molecule has 0 spiro atoms. The molecule has 1 heterocycles. The third kappa shape index (κ3) is 5.32. The number of amides is 1. The van der Waals surface area contributed by atoms with Crippen LogP contribution in [-0.4, -0.2) is 26.4 Å². The summed E-state index contributed by atoms with van der Waals surface area (Å²) in [7, 11) is 0. The number of thioether (sulfide) groups is 1. The van der Waals surface area contributed by atoms with Gasteiger partial charge in [0.2, 0.25) is 5.91 Å². The lowest BCUT2D eigenvalue weighted by molar-refractivity contribution is -0.113. The molecule has 0 bridgehead atoms. The zero-order chi connectivity index (χ0) is 21.1. The Hall–Kier alpha value is -1.15. The fraction of sp³-hybridized carbons (Fsp3) is 0.167. The summed E-state index contributed by atoms with van der Waals surface area (Å²) >= 11 is 31.5. The van der Waals surface area contributed by atoms with Crippen molar-refractivity contribution in [2.75, 3.05) is 11.1 Å². The maximum atomic E-state index is 12.3. The van der Waals surface area contributed by atoms with Gasteiger partial charge in [0.15, 0.2) is 11.0 Å². The smallest absolute Gasteiger partial charge is 0.234 e. The van der Waals surface area contributed by atoms with Gasteiger partial charge in [0.05, 0.1) is 31.5 Å². The quantitative estimate of drug-likeness (QED) is 0.288. The fourth-order valence-electron chi connectivity index (χ4n) is 2.49. The van der Waals surface area contributed by atoms with Gasteiger partial charge in [-0.2, -0.15) is 0 Å². The highest BCUT2D eigenvalue weighted by molar-refractivity contribution is 7.99. The van der Waals surface area contributed by atoms with E-state index in [4.69, 9.17) is 58.0 Å². The van der Waals surface area contributed by atoms with Crippen molar-refractivity contribution >= 4 is 81.4 Å². The molecule has 152 valence electrons. The van der Waals surface area contributed by atoms with Gasteiger partial charge in [-0.25, -0.2) is 0 Å². The molecule has 0 atom stereocenters. The van der Waals surface area contributed by atoms with Crippen LogP contribution in [0.2, 0.25) is 25.1 Å².